The number of nitrogens with zero attached hydrogens (tertiary/aromatic N) is 2. The van der Waals surface area contributed by atoms with Crippen LogP contribution in [0.2, 0.25) is 0 Å². The Morgan fingerprint density at radius 2 is 2.40 bits per heavy atom. The molecule has 4 nitrogen and oxygen atoms in total. The zero-order chi connectivity index (χ0) is 11.3. The van der Waals surface area contributed by atoms with Gasteiger partial charge < -0.3 is 10.1 Å². The van der Waals surface area contributed by atoms with E-state index in [4.69, 9.17) is 4.74 Å². The van der Waals surface area contributed by atoms with E-state index in [9.17, 15) is 0 Å². The highest BCUT2D eigenvalue weighted by Gasteiger charge is 2.19. The quantitative estimate of drug-likeness (QED) is 0.801. The Kier molecular flexibility index (Phi) is 4.98. The molecule has 0 aliphatic rings. The molecule has 0 fully saturated rings. The van der Waals surface area contributed by atoms with Crippen molar-refractivity contribution in [1.29, 1.82) is 0 Å². The molecule has 0 saturated heterocycles. The molecule has 0 aliphatic heterocycles. The average Bonchev–Trinajstić information content (AvgIpc) is 2.59. The number of hydrogen-bond acceptors (Lipinski definition) is 4. The first-order valence-electron chi connectivity index (χ1n) is 5.02. The van der Waals surface area contributed by atoms with Gasteiger partial charge in [0.25, 0.3) is 0 Å². The molecule has 1 rings (SSSR count). The Labute approximate surface area is 95.4 Å². The molecule has 1 atom stereocenters. The minimum atomic E-state index is 0.299. The van der Waals surface area contributed by atoms with Crippen LogP contribution in [0.1, 0.15) is 18.7 Å². The van der Waals surface area contributed by atoms with Gasteiger partial charge in [0.1, 0.15) is 0 Å². The summed E-state index contributed by atoms with van der Waals surface area (Å²) in [7, 11) is 3.63. The van der Waals surface area contributed by atoms with Crippen molar-refractivity contribution in [1.82, 2.24) is 15.1 Å². The third-order valence-corrected chi connectivity index (χ3v) is 2.95. The fourth-order valence-electron chi connectivity index (χ4n) is 1.63. The van der Waals surface area contributed by atoms with Crippen molar-refractivity contribution < 1.29 is 4.74 Å². The lowest BCUT2D eigenvalue weighted by Gasteiger charge is -2.18. The fourth-order valence-corrected chi connectivity index (χ4v) is 2.24. The molecule has 1 N–H and O–H groups in total. The summed E-state index contributed by atoms with van der Waals surface area (Å²) in [6.45, 7) is 3.05. The highest BCUT2D eigenvalue weighted by molar-refractivity contribution is 7.98. The second kappa shape index (κ2) is 6.02. The van der Waals surface area contributed by atoms with Gasteiger partial charge in [0.2, 0.25) is 0 Å². The number of nitrogens with one attached hydrogen (secondary N) is 1. The Hall–Kier alpha value is -0.680. The summed E-state index contributed by atoms with van der Waals surface area (Å²) in [5, 5.41) is 7.66. The molecule has 0 spiro atoms. The van der Waals surface area contributed by atoms with Crippen LogP contribution in [-0.2, 0) is 7.05 Å². The van der Waals surface area contributed by atoms with Crippen LogP contribution in [0, 0.1) is 0 Å². The number of aryl methyl sites for hydroxylation is 1. The predicted molar refractivity (Wildman–Crippen MR) is 64.6 cm³/mol. The smallest absolute Gasteiger partial charge is 0.161 e. The predicted octanol–water partition coefficient (Wildman–Crippen LogP) is 1.44. The van der Waals surface area contributed by atoms with E-state index in [-0.39, 0.29) is 0 Å². The zero-order valence-corrected chi connectivity index (χ0v) is 10.6. The Morgan fingerprint density at radius 1 is 1.67 bits per heavy atom. The van der Waals surface area contributed by atoms with Gasteiger partial charge >= 0.3 is 0 Å². The first kappa shape index (κ1) is 12.4. The Balaban J connectivity index is 2.92. The second-order valence-corrected chi connectivity index (χ2v) is 4.20. The molecule has 1 aromatic heterocycles. The summed E-state index contributed by atoms with van der Waals surface area (Å²) >= 11 is 1.82. The Bertz CT molecular complexity index is 295. The van der Waals surface area contributed by atoms with E-state index in [0.717, 1.165) is 23.7 Å². The molecule has 0 aliphatic carbocycles. The van der Waals surface area contributed by atoms with Gasteiger partial charge in [-0.2, -0.15) is 16.9 Å². The molecule has 0 bridgehead atoms. The first-order valence-corrected chi connectivity index (χ1v) is 6.42. The molecule has 86 valence electrons. The monoisotopic (exact) mass is 229 g/mol. The van der Waals surface area contributed by atoms with Gasteiger partial charge in [-0.15, -0.1) is 0 Å². The van der Waals surface area contributed by atoms with E-state index in [1.165, 1.54) is 0 Å². The molecular formula is C10H19N3OS. The van der Waals surface area contributed by atoms with Crippen molar-refractivity contribution in [3.63, 3.8) is 0 Å². The number of ether oxygens (including phenoxy) is 1. The first-order chi connectivity index (χ1) is 7.24. The van der Waals surface area contributed by atoms with Crippen LogP contribution in [0.5, 0.6) is 5.75 Å². The standard InChI is InChI=1S/C10H19N3OS/c1-5-11-8(7-15-4)10-9(14-3)6-12-13(10)2/h6,8,11H,5,7H2,1-4H3. The van der Waals surface area contributed by atoms with Crippen LogP contribution in [-0.4, -0.2) is 35.4 Å². The average molecular weight is 229 g/mol. The van der Waals surface area contributed by atoms with Crippen LogP contribution < -0.4 is 10.1 Å². The van der Waals surface area contributed by atoms with Crippen LogP contribution >= 0.6 is 11.8 Å². The molecule has 0 saturated carbocycles. The van der Waals surface area contributed by atoms with Crippen molar-refractivity contribution in [3.8, 4) is 5.75 Å². The minimum Gasteiger partial charge on any atom is -0.493 e. The number of aromatic nitrogens is 2. The summed E-state index contributed by atoms with van der Waals surface area (Å²) in [4.78, 5) is 0. The van der Waals surface area contributed by atoms with Crippen LogP contribution in [0.25, 0.3) is 0 Å². The lowest BCUT2D eigenvalue weighted by Crippen LogP contribution is -2.25. The third kappa shape index (κ3) is 2.89. The summed E-state index contributed by atoms with van der Waals surface area (Å²) in [6, 6.07) is 0.299. The normalized spacial score (nSPS) is 12.8. The fraction of sp³-hybridized carbons (Fsp3) is 0.700. The molecule has 0 aromatic carbocycles. The van der Waals surface area contributed by atoms with Gasteiger partial charge in [-0.05, 0) is 12.8 Å². The SMILES string of the molecule is CCNC(CSC)c1c(OC)cnn1C. The topological polar surface area (TPSA) is 39.1 Å². The van der Waals surface area contributed by atoms with Gasteiger partial charge in [-0.3, -0.25) is 4.68 Å². The molecule has 1 heterocycles. The van der Waals surface area contributed by atoms with Crippen LogP contribution in [0.4, 0.5) is 0 Å². The van der Waals surface area contributed by atoms with Crippen molar-refractivity contribution in [2.24, 2.45) is 7.05 Å². The summed E-state index contributed by atoms with van der Waals surface area (Å²) in [6.07, 6.45) is 3.87. The Morgan fingerprint density at radius 3 is 2.93 bits per heavy atom. The lowest BCUT2D eigenvalue weighted by molar-refractivity contribution is 0.399. The van der Waals surface area contributed by atoms with Gasteiger partial charge in [-0.25, -0.2) is 0 Å². The second-order valence-electron chi connectivity index (χ2n) is 3.29. The van der Waals surface area contributed by atoms with Crippen molar-refractivity contribution >= 4 is 11.8 Å². The molecule has 1 unspecified atom stereocenters. The summed E-state index contributed by atoms with van der Waals surface area (Å²) in [5.41, 5.74) is 1.12. The minimum absolute atomic E-state index is 0.299. The molecule has 0 amide bonds. The van der Waals surface area contributed by atoms with Crippen molar-refractivity contribution in [3.05, 3.63) is 11.9 Å². The van der Waals surface area contributed by atoms with E-state index in [1.807, 2.05) is 23.5 Å². The molecule has 1 aromatic rings. The van der Waals surface area contributed by atoms with Gasteiger partial charge in [0.05, 0.1) is 25.0 Å². The highest BCUT2D eigenvalue weighted by atomic mass is 32.2. The van der Waals surface area contributed by atoms with E-state index in [1.54, 1.807) is 13.3 Å². The van der Waals surface area contributed by atoms with Gasteiger partial charge in [0, 0.05) is 12.8 Å². The maximum Gasteiger partial charge on any atom is 0.161 e. The van der Waals surface area contributed by atoms with Gasteiger partial charge in [-0.1, -0.05) is 6.92 Å². The maximum absolute atomic E-state index is 5.31. The highest BCUT2D eigenvalue weighted by Crippen LogP contribution is 2.26. The van der Waals surface area contributed by atoms with Crippen molar-refractivity contribution in [2.75, 3.05) is 25.7 Å². The number of thioether (sulfide) groups is 1. The number of rotatable bonds is 6. The molecular weight excluding hydrogens is 210 g/mol. The summed E-state index contributed by atoms with van der Waals surface area (Å²) in [5.74, 6) is 1.88. The maximum atomic E-state index is 5.31. The van der Waals surface area contributed by atoms with Gasteiger partial charge in [0.15, 0.2) is 5.75 Å². The summed E-state index contributed by atoms with van der Waals surface area (Å²) < 4.78 is 7.18. The van der Waals surface area contributed by atoms with Crippen molar-refractivity contribution in [2.45, 2.75) is 13.0 Å². The van der Waals surface area contributed by atoms with E-state index in [0.29, 0.717) is 6.04 Å². The molecule has 0 radical (unpaired) electrons. The van der Waals surface area contributed by atoms with E-state index >= 15 is 0 Å². The lowest BCUT2D eigenvalue weighted by atomic mass is 10.2. The third-order valence-electron chi connectivity index (χ3n) is 2.28. The van der Waals surface area contributed by atoms with E-state index in [2.05, 4.69) is 23.6 Å². The van der Waals surface area contributed by atoms with E-state index < -0.39 is 0 Å². The molecule has 15 heavy (non-hydrogen) atoms. The molecule has 5 heteroatoms. The number of hydrogen-bond donors (Lipinski definition) is 1. The number of methoxy groups -OCH3 is 1. The van der Waals surface area contributed by atoms with Crippen LogP contribution in [0.3, 0.4) is 0 Å². The largest absolute Gasteiger partial charge is 0.493 e. The zero-order valence-electron chi connectivity index (χ0n) is 9.78. The van der Waals surface area contributed by atoms with Crippen LogP contribution in [0.15, 0.2) is 6.20 Å².